The van der Waals surface area contributed by atoms with Crippen LogP contribution in [0.1, 0.15) is 12.8 Å². The van der Waals surface area contributed by atoms with Crippen molar-refractivity contribution in [1.29, 1.82) is 0 Å². The Morgan fingerprint density at radius 1 is 1.20 bits per heavy atom. The molecule has 2 rings (SSSR count). The fraction of sp³-hybridized carbons (Fsp3) is 0.357. The summed E-state index contributed by atoms with van der Waals surface area (Å²) in [4.78, 5) is 12.4. The second kappa shape index (κ2) is 6.09. The molecule has 1 fully saturated rings. The number of nitrogens with zero attached hydrogens (tertiary/aromatic N) is 1. The van der Waals surface area contributed by atoms with E-state index in [9.17, 15) is 13.2 Å². The van der Waals surface area contributed by atoms with Crippen molar-refractivity contribution in [2.45, 2.75) is 17.7 Å². The quantitative estimate of drug-likeness (QED) is 0.929. The van der Waals surface area contributed by atoms with Crippen molar-refractivity contribution in [3.8, 4) is 0 Å². The third-order valence-electron chi connectivity index (χ3n) is 3.41. The molecule has 1 heterocycles. The van der Waals surface area contributed by atoms with Crippen LogP contribution in [0.2, 0.25) is 0 Å². The molecule has 0 unspecified atom stereocenters. The Labute approximate surface area is 118 Å². The first-order chi connectivity index (χ1) is 9.49. The first kappa shape index (κ1) is 14.6. The standard InChI is InChI=1S/C14H17NO4S/c16-14(17)15-9-6-12(7-10-15)8-11-20(18,19)13-4-2-1-3-5-13/h1-5,8,11-12H,6-7,9-10H2,(H,16,17). The summed E-state index contributed by atoms with van der Waals surface area (Å²) in [5.74, 6) is 0.115. The SMILES string of the molecule is O=C(O)N1CCC(C=CS(=O)(=O)c2ccccc2)CC1. The van der Waals surface area contributed by atoms with E-state index in [-0.39, 0.29) is 10.8 Å². The first-order valence-corrected chi connectivity index (χ1v) is 8.00. The number of hydrogen-bond donors (Lipinski definition) is 1. The lowest BCUT2D eigenvalue weighted by Crippen LogP contribution is -2.37. The summed E-state index contributed by atoms with van der Waals surface area (Å²) in [6.07, 6.45) is 2.09. The predicted molar refractivity (Wildman–Crippen MR) is 75.1 cm³/mol. The summed E-state index contributed by atoms with van der Waals surface area (Å²) in [6.45, 7) is 0.908. The van der Waals surface area contributed by atoms with Gasteiger partial charge >= 0.3 is 6.09 Å². The Morgan fingerprint density at radius 2 is 1.80 bits per heavy atom. The van der Waals surface area contributed by atoms with E-state index in [4.69, 9.17) is 5.11 Å². The van der Waals surface area contributed by atoms with Gasteiger partial charge in [0.2, 0.25) is 0 Å². The number of hydrogen-bond acceptors (Lipinski definition) is 3. The van der Waals surface area contributed by atoms with Crippen molar-refractivity contribution >= 4 is 15.9 Å². The molecule has 1 amide bonds. The molecule has 0 radical (unpaired) electrons. The molecule has 1 aliphatic heterocycles. The molecule has 1 N–H and O–H groups in total. The van der Waals surface area contributed by atoms with Crippen molar-refractivity contribution in [2.24, 2.45) is 5.92 Å². The highest BCUT2D eigenvalue weighted by atomic mass is 32.2. The van der Waals surface area contributed by atoms with Gasteiger partial charge in [-0.1, -0.05) is 24.3 Å². The molecule has 1 aromatic carbocycles. The number of sulfone groups is 1. The van der Waals surface area contributed by atoms with Gasteiger partial charge < -0.3 is 10.0 Å². The molecular weight excluding hydrogens is 278 g/mol. The smallest absolute Gasteiger partial charge is 0.407 e. The highest BCUT2D eigenvalue weighted by Crippen LogP contribution is 2.20. The van der Waals surface area contributed by atoms with Crippen LogP contribution >= 0.6 is 0 Å². The summed E-state index contributed by atoms with van der Waals surface area (Å²) in [7, 11) is -3.40. The lowest BCUT2D eigenvalue weighted by atomic mass is 9.97. The molecule has 108 valence electrons. The topological polar surface area (TPSA) is 74.7 Å². The number of piperidine rings is 1. The van der Waals surface area contributed by atoms with Gasteiger partial charge in [0.1, 0.15) is 0 Å². The summed E-state index contributed by atoms with van der Waals surface area (Å²) in [5.41, 5.74) is 0. The van der Waals surface area contributed by atoms with E-state index >= 15 is 0 Å². The zero-order valence-corrected chi connectivity index (χ0v) is 11.8. The van der Waals surface area contributed by atoms with Crippen LogP contribution in [0.3, 0.4) is 0 Å². The van der Waals surface area contributed by atoms with Gasteiger partial charge in [-0.3, -0.25) is 0 Å². The molecule has 0 saturated carbocycles. The first-order valence-electron chi connectivity index (χ1n) is 6.45. The van der Waals surface area contributed by atoms with E-state index in [0.717, 1.165) is 0 Å². The summed E-state index contributed by atoms with van der Waals surface area (Å²) >= 11 is 0. The Morgan fingerprint density at radius 3 is 2.35 bits per heavy atom. The van der Waals surface area contributed by atoms with E-state index in [2.05, 4.69) is 0 Å². The summed E-state index contributed by atoms with van der Waals surface area (Å²) < 4.78 is 24.1. The average Bonchev–Trinajstić information content (AvgIpc) is 2.46. The zero-order valence-electron chi connectivity index (χ0n) is 11.0. The van der Waals surface area contributed by atoms with Crippen LogP contribution in [0.15, 0.2) is 46.7 Å². The fourth-order valence-electron chi connectivity index (χ4n) is 2.19. The number of benzene rings is 1. The fourth-order valence-corrected chi connectivity index (χ4v) is 3.31. The number of amides is 1. The monoisotopic (exact) mass is 295 g/mol. The molecule has 0 aliphatic carbocycles. The molecule has 5 nitrogen and oxygen atoms in total. The van der Waals surface area contributed by atoms with Crippen molar-refractivity contribution in [3.05, 3.63) is 41.8 Å². The van der Waals surface area contributed by atoms with Crippen molar-refractivity contribution < 1.29 is 18.3 Å². The number of carbonyl (C=O) groups is 1. The van der Waals surface area contributed by atoms with Crippen LogP contribution < -0.4 is 0 Å². The predicted octanol–water partition coefficient (Wildman–Crippen LogP) is 2.36. The lowest BCUT2D eigenvalue weighted by molar-refractivity contribution is 0.129. The average molecular weight is 295 g/mol. The number of allylic oxidation sites excluding steroid dienone is 1. The molecule has 1 aromatic rings. The molecular formula is C14H17NO4S. The van der Waals surface area contributed by atoms with Gasteiger partial charge in [0.15, 0.2) is 9.84 Å². The van der Waals surface area contributed by atoms with Gasteiger partial charge in [-0.05, 0) is 30.9 Å². The second-order valence-corrected chi connectivity index (χ2v) is 6.63. The van der Waals surface area contributed by atoms with E-state index < -0.39 is 15.9 Å². The van der Waals surface area contributed by atoms with E-state index in [1.165, 1.54) is 10.3 Å². The third-order valence-corrected chi connectivity index (χ3v) is 4.86. The maximum absolute atomic E-state index is 12.1. The minimum absolute atomic E-state index is 0.115. The van der Waals surface area contributed by atoms with Crippen molar-refractivity contribution in [2.75, 3.05) is 13.1 Å². The highest BCUT2D eigenvalue weighted by Gasteiger charge is 2.21. The van der Waals surface area contributed by atoms with E-state index in [1.54, 1.807) is 36.4 Å². The Balaban J connectivity index is 1.99. The van der Waals surface area contributed by atoms with Crippen molar-refractivity contribution in [1.82, 2.24) is 4.90 Å². The molecule has 1 aliphatic rings. The van der Waals surface area contributed by atoms with Crippen LogP contribution in [0, 0.1) is 5.92 Å². The maximum Gasteiger partial charge on any atom is 0.407 e. The second-order valence-electron chi connectivity index (χ2n) is 4.79. The van der Waals surface area contributed by atoms with Gasteiger partial charge in [0, 0.05) is 18.5 Å². The lowest BCUT2D eigenvalue weighted by Gasteiger charge is -2.28. The van der Waals surface area contributed by atoms with Gasteiger partial charge in [-0.2, -0.15) is 0 Å². The van der Waals surface area contributed by atoms with Gasteiger partial charge in [0.25, 0.3) is 0 Å². The van der Waals surface area contributed by atoms with Crippen LogP contribution in [-0.4, -0.2) is 37.6 Å². The van der Waals surface area contributed by atoms with Crippen LogP contribution in [0.25, 0.3) is 0 Å². The zero-order chi connectivity index (χ0) is 14.6. The molecule has 0 atom stereocenters. The summed E-state index contributed by atoms with van der Waals surface area (Å²) in [6, 6.07) is 8.27. The molecule has 6 heteroatoms. The minimum Gasteiger partial charge on any atom is -0.465 e. The number of rotatable bonds is 3. The van der Waals surface area contributed by atoms with Gasteiger partial charge in [-0.25, -0.2) is 13.2 Å². The van der Waals surface area contributed by atoms with E-state index in [0.29, 0.717) is 25.9 Å². The largest absolute Gasteiger partial charge is 0.465 e. The molecule has 0 bridgehead atoms. The number of likely N-dealkylation sites (tertiary alicyclic amines) is 1. The molecule has 0 aromatic heterocycles. The molecule has 20 heavy (non-hydrogen) atoms. The van der Waals surface area contributed by atoms with Crippen LogP contribution in [0.4, 0.5) is 4.79 Å². The number of carboxylic acid groups (broad SMARTS) is 1. The normalized spacial score (nSPS) is 17.5. The Kier molecular flexibility index (Phi) is 4.44. The van der Waals surface area contributed by atoms with Crippen LogP contribution in [0.5, 0.6) is 0 Å². The third kappa shape index (κ3) is 3.60. The molecule has 1 saturated heterocycles. The summed E-state index contributed by atoms with van der Waals surface area (Å²) in [5, 5.41) is 10.1. The maximum atomic E-state index is 12.1. The Hall–Kier alpha value is -1.82. The molecule has 0 spiro atoms. The minimum atomic E-state index is -3.40. The van der Waals surface area contributed by atoms with Gasteiger partial charge in [0.05, 0.1) is 4.90 Å². The van der Waals surface area contributed by atoms with Gasteiger partial charge in [-0.15, -0.1) is 0 Å². The Bertz CT molecular complexity index is 587. The van der Waals surface area contributed by atoms with E-state index in [1.807, 2.05) is 0 Å². The van der Waals surface area contributed by atoms with Crippen molar-refractivity contribution in [3.63, 3.8) is 0 Å². The highest BCUT2D eigenvalue weighted by molar-refractivity contribution is 7.94. The van der Waals surface area contributed by atoms with Crippen LogP contribution in [-0.2, 0) is 9.84 Å².